The van der Waals surface area contributed by atoms with Gasteiger partial charge < -0.3 is 19.3 Å². The molecule has 1 aliphatic heterocycles. The van der Waals surface area contributed by atoms with Crippen molar-refractivity contribution in [1.82, 2.24) is 0 Å². The fraction of sp³-hybridized carbons (Fsp3) is 0.385. The van der Waals surface area contributed by atoms with Gasteiger partial charge >= 0.3 is 0 Å². The van der Waals surface area contributed by atoms with Gasteiger partial charge in [-0.3, -0.25) is 0 Å². The van der Waals surface area contributed by atoms with Crippen LogP contribution in [0.3, 0.4) is 0 Å². The number of rotatable bonds is 4. The molecule has 0 unspecified atom stereocenters. The van der Waals surface area contributed by atoms with Crippen molar-refractivity contribution in [3.63, 3.8) is 0 Å². The van der Waals surface area contributed by atoms with Crippen molar-refractivity contribution < 1.29 is 19.3 Å². The summed E-state index contributed by atoms with van der Waals surface area (Å²) >= 11 is 0. The van der Waals surface area contributed by atoms with E-state index in [-0.39, 0.29) is 13.4 Å². The molecule has 0 radical (unpaired) electrons. The Kier molecular flexibility index (Phi) is 3.54. The first-order valence-electron chi connectivity index (χ1n) is 5.50. The highest BCUT2D eigenvalue weighted by molar-refractivity contribution is 5.51. The standard InChI is InChI=1S/C13H16O4/c1-9(2)3-4-15-11-6-13-12(16-8-17-13)5-10(11)7-14/h3,5-6,14H,4,7-8H2,1-2H3. The van der Waals surface area contributed by atoms with Crippen LogP contribution in [0.4, 0.5) is 0 Å². The van der Waals surface area contributed by atoms with Crippen molar-refractivity contribution in [2.24, 2.45) is 0 Å². The molecular weight excluding hydrogens is 220 g/mol. The first-order chi connectivity index (χ1) is 8.20. The van der Waals surface area contributed by atoms with Crippen molar-refractivity contribution in [1.29, 1.82) is 0 Å². The third-order valence-corrected chi connectivity index (χ3v) is 2.46. The summed E-state index contributed by atoms with van der Waals surface area (Å²) in [6.07, 6.45) is 1.98. The smallest absolute Gasteiger partial charge is 0.231 e. The van der Waals surface area contributed by atoms with E-state index >= 15 is 0 Å². The van der Waals surface area contributed by atoms with Gasteiger partial charge in [0.05, 0.1) is 6.61 Å². The highest BCUT2D eigenvalue weighted by Crippen LogP contribution is 2.38. The van der Waals surface area contributed by atoms with Gasteiger partial charge in [0.15, 0.2) is 11.5 Å². The fourth-order valence-electron chi connectivity index (χ4n) is 1.52. The van der Waals surface area contributed by atoms with E-state index in [2.05, 4.69) is 0 Å². The second kappa shape index (κ2) is 5.10. The van der Waals surface area contributed by atoms with Crippen LogP contribution in [-0.4, -0.2) is 18.5 Å². The van der Waals surface area contributed by atoms with Gasteiger partial charge in [-0.05, 0) is 26.0 Å². The number of aliphatic hydroxyl groups excluding tert-OH is 1. The number of fused-ring (bicyclic) bond motifs is 1. The normalized spacial score (nSPS) is 12.4. The molecule has 2 rings (SSSR count). The summed E-state index contributed by atoms with van der Waals surface area (Å²) < 4.78 is 16.1. The molecule has 4 heteroatoms. The third kappa shape index (κ3) is 2.71. The van der Waals surface area contributed by atoms with Crippen LogP contribution in [0.1, 0.15) is 19.4 Å². The molecule has 1 aromatic carbocycles. The number of hydrogen-bond donors (Lipinski definition) is 1. The molecular formula is C13H16O4. The summed E-state index contributed by atoms with van der Waals surface area (Å²) in [4.78, 5) is 0. The van der Waals surface area contributed by atoms with Gasteiger partial charge in [0, 0.05) is 11.6 Å². The lowest BCUT2D eigenvalue weighted by Crippen LogP contribution is -1.98. The lowest BCUT2D eigenvalue weighted by molar-refractivity contribution is 0.173. The quantitative estimate of drug-likeness (QED) is 0.814. The average molecular weight is 236 g/mol. The van der Waals surface area contributed by atoms with E-state index < -0.39 is 0 Å². The van der Waals surface area contributed by atoms with Gasteiger partial charge in [0.25, 0.3) is 0 Å². The molecule has 1 heterocycles. The van der Waals surface area contributed by atoms with Crippen LogP contribution >= 0.6 is 0 Å². The van der Waals surface area contributed by atoms with Crippen LogP contribution in [0.15, 0.2) is 23.8 Å². The molecule has 0 aromatic heterocycles. The first-order valence-corrected chi connectivity index (χ1v) is 5.50. The lowest BCUT2D eigenvalue weighted by atomic mass is 10.2. The molecule has 0 saturated carbocycles. The summed E-state index contributed by atoms with van der Waals surface area (Å²) in [5.41, 5.74) is 1.90. The van der Waals surface area contributed by atoms with E-state index in [1.165, 1.54) is 5.57 Å². The highest BCUT2D eigenvalue weighted by Gasteiger charge is 2.17. The zero-order valence-corrected chi connectivity index (χ0v) is 10.0. The van der Waals surface area contributed by atoms with Crippen LogP contribution in [-0.2, 0) is 6.61 Å². The van der Waals surface area contributed by atoms with Crippen LogP contribution in [0.2, 0.25) is 0 Å². The average Bonchev–Trinajstić information content (AvgIpc) is 2.74. The molecule has 17 heavy (non-hydrogen) atoms. The molecule has 92 valence electrons. The van der Waals surface area contributed by atoms with E-state index in [1.54, 1.807) is 12.1 Å². The van der Waals surface area contributed by atoms with E-state index in [0.717, 1.165) is 0 Å². The Morgan fingerprint density at radius 2 is 2.06 bits per heavy atom. The Labute approximate surface area is 100 Å². The van der Waals surface area contributed by atoms with Gasteiger partial charge in [-0.25, -0.2) is 0 Å². The Morgan fingerprint density at radius 3 is 2.71 bits per heavy atom. The number of allylic oxidation sites excluding steroid dienone is 1. The molecule has 0 atom stereocenters. The second-order valence-corrected chi connectivity index (χ2v) is 4.06. The van der Waals surface area contributed by atoms with Crippen molar-refractivity contribution >= 4 is 0 Å². The molecule has 1 aliphatic rings. The zero-order chi connectivity index (χ0) is 12.3. The Bertz CT molecular complexity index is 433. The van der Waals surface area contributed by atoms with E-state index in [1.807, 2.05) is 19.9 Å². The number of benzene rings is 1. The maximum Gasteiger partial charge on any atom is 0.231 e. The van der Waals surface area contributed by atoms with E-state index in [4.69, 9.17) is 14.2 Å². The molecule has 0 saturated heterocycles. The first kappa shape index (κ1) is 11.8. The van der Waals surface area contributed by atoms with Crippen molar-refractivity contribution in [2.45, 2.75) is 20.5 Å². The fourth-order valence-corrected chi connectivity index (χ4v) is 1.52. The Hall–Kier alpha value is -1.68. The summed E-state index contributed by atoms with van der Waals surface area (Å²) in [5, 5.41) is 9.27. The van der Waals surface area contributed by atoms with Crippen molar-refractivity contribution in [3.8, 4) is 17.2 Å². The summed E-state index contributed by atoms with van der Waals surface area (Å²) in [6, 6.07) is 3.51. The monoisotopic (exact) mass is 236 g/mol. The maximum atomic E-state index is 9.27. The topological polar surface area (TPSA) is 47.9 Å². The second-order valence-electron chi connectivity index (χ2n) is 4.06. The molecule has 1 aromatic rings. The van der Waals surface area contributed by atoms with Crippen LogP contribution in [0.25, 0.3) is 0 Å². The molecule has 0 spiro atoms. The van der Waals surface area contributed by atoms with Gasteiger partial charge in [-0.2, -0.15) is 0 Å². The van der Waals surface area contributed by atoms with Gasteiger partial charge in [0.1, 0.15) is 12.4 Å². The molecule has 4 nitrogen and oxygen atoms in total. The van der Waals surface area contributed by atoms with Crippen LogP contribution in [0.5, 0.6) is 17.2 Å². The van der Waals surface area contributed by atoms with Gasteiger partial charge in [-0.15, -0.1) is 0 Å². The number of aliphatic hydroxyl groups is 1. The third-order valence-electron chi connectivity index (χ3n) is 2.46. The maximum absolute atomic E-state index is 9.27. The van der Waals surface area contributed by atoms with E-state index in [9.17, 15) is 5.11 Å². The predicted molar refractivity (Wildman–Crippen MR) is 63.4 cm³/mol. The van der Waals surface area contributed by atoms with Crippen LogP contribution in [0, 0.1) is 0 Å². The minimum Gasteiger partial charge on any atom is -0.489 e. The lowest BCUT2D eigenvalue weighted by Gasteiger charge is -2.09. The molecule has 0 aliphatic carbocycles. The minimum absolute atomic E-state index is 0.0825. The Morgan fingerprint density at radius 1 is 1.35 bits per heavy atom. The number of hydrogen-bond acceptors (Lipinski definition) is 4. The highest BCUT2D eigenvalue weighted by atomic mass is 16.7. The van der Waals surface area contributed by atoms with Crippen molar-refractivity contribution in [2.75, 3.05) is 13.4 Å². The van der Waals surface area contributed by atoms with E-state index in [0.29, 0.717) is 29.4 Å². The van der Waals surface area contributed by atoms with Crippen molar-refractivity contribution in [3.05, 3.63) is 29.3 Å². The van der Waals surface area contributed by atoms with Gasteiger partial charge in [-0.1, -0.05) is 5.57 Å². The molecule has 0 bridgehead atoms. The molecule has 0 fully saturated rings. The summed E-state index contributed by atoms with van der Waals surface area (Å²) in [6.45, 7) is 4.64. The Balaban J connectivity index is 2.17. The summed E-state index contributed by atoms with van der Waals surface area (Å²) in [7, 11) is 0. The SMILES string of the molecule is CC(C)=CCOc1cc2c(cc1CO)OCO2. The number of ether oxygens (including phenoxy) is 3. The molecule has 1 N–H and O–H groups in total. The van der Waals surface area contributed by atoms with Crippen LogP contribution < -0.4 is 14.2 Å². The summed E-state index contributed by atoms with van der Waals surface area (Å²) in [5.74, 6) is 1.95. The minimum atomic E-state index is -0.0825. The zero-order valence-electron chi connectivity index (χ0n) is 10.0. The predicted octanol–water partition coefficient (Wildman–Crippen LogP) is 2.25. The van der Waals surface area contributed by atoms with Gasteiger partial charge in [0.2, 0.25) is 6.79 Å². The molecule has 0 amide bonds. The largest absolute Gasteiger partial charge is 0.489 e.